The monoisotopic (exact) mass is 324 g/mol. The first kappa shape index (κ1) is 13.8. The molecule has 0 saturated heterocycles. The largest absolute Gasteiger partial charge is 0.492 e. The highest BCUT2D eigenvalue weighted by Gasteiger charge is 2.06. The van der Waals surface area contributed by atoms with Crippen molar-refractivity contribution in [3.05, 3.63) is 35.1 Å². The van der Waals surface area contributed by atoms with Gasteiger partial charge < -0.3 is 4.74 Å². The van der Waals surface area contributed by atoms with Crippen LogP contribution in [0.1, 0.15) is 12.8 Å². The maximum absolute atomic E-state index is 10.8. The van der Waals surface area contributed by atoms with Gasteiger partial charge in [-0.15, -0.1) is 0 Å². The van der Waals surface area contributed by atoms with Crippen LogP contribution in [0, 0.1) is 0 Å². The van der Waals surface area contributed by atoms with Crippen LogP contribution in [0.15, 0.2) is 35.1 Å². The van der Waals surface area contributed by atoms with Crippen LogP contribution < -0.4 is 10.2 Å². The third-order valence-corrected chi connectivity index (χ3v) is 3.47. The van der Waals surface area contributed by atoms with Crippen molar-refractivity contribution in [1.82, 2.24) is 10.5 Å². The fourth-order valence-corrected chi connectivity index (χ4v) is 2.30. The van der Waals surface area contributed by atoms with Crippen LogP contribution in [0.5, 0.6) is 5.75 Å². The molecule has 2 aromatic rings. The predicted octanol–water partition coefficient (Wildman–Crippen LogP) is 2.66. The van der Waals surface area contributed by atoms with E-state index in [-0.39, 0.29) is 6.42 Å². The van der Waals surface area contributed by atoms with Gasteiger partial charge >= 0.3 is 0 Å². The molecule has 2 N–H and O–H groups in total. The summed E-state index contributed by atoms with van der Waals surface area (Å²) in [6.45, 7) is 0.405. The molecule has 1 heterocycles. The second kappa shape index (κ2) is 6.49. The van der Waals surface area contributed by atoms with Crippen LogP contribution >= 0.6 is 15.9 Å². The SMILES string of the molecule is O=C(CCCOc1ccc2cnccc2c1Br)NO. The number of pyridine rings is 1. The van der Waals surface area contributed by atoms with Gasteiger partial charge in [0.15, 0.2) is 0 Å². The van der Waals surface area contributed by atoms with E-state index in [1.807, 2.05) is 18.2 Å². The highest BCUT2D eigenvalue weighted by molar-refractivity contribution is 9.10. The van der Waals surface area contributed by atoms with E-state index in [0.29, 0.717) is 13.0 Å². The van der Waals surface area contributed by atoms with Crippen molar-refractivity contribution < 1.29 is 14.7 Å². The van der Waals surface area contributed by atoms with Crippen molar-refractivity contribution in [2.45, 2.75) is 12.8 Å². The van der Waals surface area contributed by atoms with Crippen molar-refractivity contribution in [3.8, 4) is 5.75 Å². The molecule has 0 saturated carbocycles. The van der Waals surface area contributed by atoms with Crippen molar-refractivity contribution in [3.63, 3.8) is 0 Å². The van der Waals surface area contributed by atoms with E-state index in [9.17, 15) is 4.79 Å². The van der Waals surface area contributed by atoms with Gasteiger partial charge in [-0.05, 0) is 40.5 Å². The third kappa shape index (κ3) is 3.42. The number of fused-ring (bicyclic) bond motifs is 1. The molecule has 0 aliphatic carbocycles. The number of carbonyl (C=O) groups excluding carboxylic acids is 1. The molecule has 0 aliphatic heterocycles. The molecule has 0 fully saturated rings. The van der Waals surface area contributed by atoms with Crippen LogP contribution in [-0.2, 0) is 4.79 Å². The van der Waals surface area contributed by atoms with E-state index in [1.165, 1.54) is 0 Å². The summed E-state index contributed by atoms with van der Waals surface area (Å²) in [5.41, 5.74) is 1.59. The van der Waals surface area contributed by atoms with Crippen LogP contribution in [0.3, 0.4) is 0 Å². The zero-order chi connectivity index (χ0) is 13.7. The van der Waals surface area contributed by atoms with E-state index in [0.717, 1.165) is 21.0 Å². The van der Waals surface area contributed by atoms with E-state index < -0.39 is 5.91 Å². The molecule has 1 amide bonds. The molecular formula is C13H13BrN2O3. The van der Waals surface area contributed by atoms with Gasteiger partial charge in [0.05, 0.1) is 11.1 Å². The molecule has 0 aliphatic rings. The molecule has 0 bridgehead atoms. The Morgan fingerprint density at radius 3 is 3.05 bits per heavy atom. The smallest absolute Gasteiger partial charge is 0.243 e. The fourth-order valence-electron chi connectivity index (χ4n) is 1.69. The Hall–Kier alpha value is -1.66. The number of benzene rings is 1. The summed E-state index contributed by atoms with van der Waals surface area (Å²) < 4.78 is 6.48. The number of halogens is 1. The summed E-state index contributed by atoms with van der Waals surface area (Å²) >= 11 is 3.50. The number of hydroxylamine groups is 1. The summed E-state index contributed by atoms with van der Waals surface area (Å²) in [6.07, 6.45) is 4.27. The number of carbonyl (C=O) groups is 1. The van der Waals surface area contributed by atoms with E-state index in [1.54, 1.807) is 17.9 Å². The van der Waals surface area contributed by atoms with E-state index >= 15 is 0 Å². The Bertz CT molecular complexity index is 589. The van der Waals surface area contributed by atoms with Crippen LogP contribution in [0.2, 0.25) is 0 Å². The van der Waals surface area contributed by atoms with Crippen LogP contribution in [0.4, 0.5) is 0 Å². The quantitative estimate of drug-likeness (QED) is 0.504. The number of nitrogens with zero attached hydrogens (tertiary/aromatic N) is 1. The molecule has 0 radical (unpaired) electrons. The number of rotatable bonds is 5. The number of aromatic nitrogens is 1. The van der Waals surface area contributed by atoms with Gasteiger partial charge in [-0.25, -0.2) is 5.48 Å². The first-order chi connectivity index (χ1) is 9.22. The number of hydrogen-bond acceptors (Lipinski definition) is 4. The first-order valence-electron chi connectivity index (χ1n) is 5.80. The highest BCUT2D eigenvalue weighted by atomic mass is 79.9. The maximum atomic E-state index is 10.8. The van der Waals surface area contributed by atoms with Crippen molar-refractivity contribution in [2.75, 3.05) is 6.61 Å². The molecule has 5 nitrogen and oxygen atoms in total. The molecule has 0 unspecified atom stereocenters. The molecule has 6 heteroatoms. The summed E-state index contributed by atoms with van der Waals surface area (Å²) in [6, 6.07) is 5.70. The average molecular weight is 325 g/mol. The number of nitrogens with one attached hydrogen (secondary N) is 1. The lowest BCUT2D eigenvalue weighted by Crippen LogP contribution is -2.18. The summed E-state index contributed by atoms with van der Waals surface area (Å²) in [5, 5.41) is 10.4. The normalized spacial score (nSPS) is 10.4. The second-order valence-corrected chi connectivity index (χ2v) is 4.75. The van der Waals surface area contributed by atoms with Gasteiger partial charge in [0.25, 0.3) is 0 Å². The van der Waals surface area contributed by atoms with Gasteiger partial charge in [-0.3, -0.25) is 15.0 Å². The molecule has 0 atom stereocenters. The molecule has 1 aromatic carbocycles. The zero-order valence-corrected chi connectivity index (χ0v) is 11.7. The summed E-state index contributed by atoms with van der Waals surface area (Å²) in [4.78, 5) is 14.9. The predicted molar refractivity (Wildman–Crippen MR) is 74.1 cm³/mol. The zero-order valence-electron chi connectivity index (χ0n) is 10.1. The minimum atomic E-state index is -0.410. The molecule has 2 rings (SSSR count). The number of amides is 1. The average Bonchev–Trinajstić information content (AvgIpc) is 2.45. The minimum Gasteiger partial charge on any atom is -0.492 e. The topological polar surface area (TPSA) is 71.5 Å². The van der Waals surface area contributed by atoms with E-state index in [4.69, 9.17) is 9.94 Å². The van der Waals surface area contributed by atoms with Gasteiger partial charge in [-0.1, -0.05) is 0 Å². The Morgan fingerprint density at radius 2 is 2.26 bits per heavy atom. The number of hydrogen-bond donors (Lipinski definition) is 2. The Kier molecular flexibility index (Phi) is 4.70. The van der Waals surface area contributed by atoms with Crippen molar-refractivity contribution in [1.29, 1.82) is 0 Å². The van der Waals surface area contributed by atoms with Crippen molar-refractivity contribution in [2.24, 2.45) is 0 Å². The Balaban J connectivity index is 2.01. The minimum absolute atomic E-state index is 0.228. The van der Waals surface area contributed by atoms with Gasteiger partial charge in [0.1, 0.15) is 5.75 Å². The Labute approximate surface area is 118 Å². The maximum Gasteiger partial charge on any atom is 0.243 e. The highest BCUT2D eigenvalue weighted by Crippen LogP contribution is 2.32. The second-order valence-electron chi connectivity index (χ2n) is 3.96. The number of ether oxygens (including phenoxy) is 1. The standard InChI is InChI=1S/C13H13BrN2O3/c14-13-10-5-6-15-8-9(10)3-4-11(13)19-7-1-2-12(17)16-18/h3-6,8,18H,1-2,7H2,(H,16,17). The molecule has 100 valence electrons. The van der Waals surface area contributed by atoms with Gasteiger partial charge in [0, 0.05) is 29.6 Å². The molecule has 1 aromatic heterocycles. The lowest BCUT2D eigenvalue weighted by molar-refractivity contribution is -0.129. The molecular weight excluding hydrogens is 312 g/mol. The fraction of sp³-hybridized carbons (Fsp3) is 0.231. The van der Waals surface area contributed by atoms with Crippen LogP contribution in [-0.4, -0.2) is 22.7 Å². The molecule has 0 spiro atoms. The van der Waals surface area contributed by atoms with E-state index in [2.05, 4.69) is 20.9 Å². The third-order valence-electron chi connectivity index (χ3n) is 2.65. The van der Waals surface area contributed by atoms with Crippen molar-refractivity contribution >= 4 is 32.6 Å². The van der Waals surface area contributed by atoms with Gasteiger partial charge in [-0.2, -0.15) is 0 Å². The summed E-state index contributed by atoms with van der Waals surface area (Å²) in [7, 11) is 0. The van der Waals surface area contributed by atoms with Crippen LogP contribution in [0.25, 0.3) is 10.8 Å². The lowest BCUT2D eigenvalue weighted by Gasteiger charge is -2.09. The first-order valence-corrected chi connectivity index (χ1v) is 6.59. The summed E-state index contributed by atoms with van der Waals surface area (Å²) in [5.74, 6) is 0.315. The Morgan fingerprint density at radius 1 is 1.42 bits per heavy atom. The van der Waals surface area contributed by atoms with Gasteiger partial charge in [0.2, 0.25) is 5.91 Å². The molecule has 19 heavy (non-hydrogen) atoms. The lowest BCUT2D eigenvalue weighted by atomic mass is 10.2.